The van der Waals surface area contributed by atoms with Crippen molar-refractivity contribution in [1.82, 2.24) is 9.97 Å². The highest BCUT2D eigenvalue weighted by Gasteiger charge is 1.96. The van der Waals surface area contributed by atoms with Crippen molar-refractivity contribution in [2.24, 2.45) is 0 Å². The third-order valence-corrected chi connectivity index (χ3v) is 3.04. The quantitative estimate of drug-likeness (QED) is 0.685. The molecular formula is C16H11ClN2. The zero-order chi connectivity index (χ0) is 13.1. The summed E-state index contributed by atoms with van der Waals surface area (Å²) in [5, 5.41) is 0.739. The van der Waals surface area contributed by atoms with E-state index in [0.29, 0.717) is 0 Å². The van der Waals surface area contributed by atoms with Gasteiger partial charge in [0.15, 0.2) is 0 Å². The minimum atomic E-state index is 0.739. The van der Waals surface area contributed by atoms with Crippen LogP contribution in [-0.4, -0.2) is 9.97 Å². The van der Waals surface area contributed by atoms with Gasteiger partial charge in [-0.25, -0.2) is 4.98 Å². The molecule has 0 saturated carbocycles. The van der Waals surface area contributed by atoms with Gasteiger partial charge >= 0.3 is 0 Å². The zero-order valence-electron chi connectivity index (χ0n) is 10.1. The molecule has 0 saturated heterocycles. The summed E-state index contributed by atoms with van der Waals surface area (Å²) in [5.41, 5.74) is 3.74. The molecule has 3 aromatic rings. The van der Waals surface area contributed by atoms with E-state index in [0.717, 1.165) is 27.3 Å². The molecule has 0 spiro atoms. The van der Waals surface area contributed by atoms with Crippen LogP contribution in [0.15, 0.2) is 54.7 Å². The number of benzene rings is 2. The topological polar surface area (TPSA) is 25.8 Å². The smallest absolute Gasteiger partial charge is 0.0894 e. The van der Waals surface area contributed by atoms with Gasteiger partial charge in [-0.3, -0.25) is 4.98 Å². The van der Waals surface area contributed by atoms with Crippen LogP contribution in [0.25, 0.3) is 23.2 Å². The fourth-order valence-corrected chi connectivity index (χ4v) is 1.93. The van der Waals surface area contributed by atoms with Gasteiger partial charge in [-0.15, -0.1) is 0 Å². The molecule has 0 radical (unpaired) electrons. The van der Waals surface area contributed by atoms with Gasteiger partial charge in [0.05, 0.1) is 22.9 Å². The number of nitrogens with zero attached hydrogens (tertiary/aromatic N) is 2. The van der Waals surface area contributed by atoms with Crippen LogP contribution in [0.2, 0.25) is 5.02 Å². The second-order valence-electron chi connectivity index (χ2n) is 4.17. The number of fused-ring (bicyclic) bond motifs is 1. The second-order valence-corrected chi connectivity index (χ2v) is 4.60. The maximum atomic E-state index is 5.85. The lowest BCUT2D eigenvalue weighted by Gasteiger charge is -1.98. The van der Waals surface area contributed by atoms with E-state index in [1.54, 1.807) is 6.20 Å². The molecule has 0 aliphatic rings. The van der Waals surface area contributed by atoms with Crippen LogP contribution in [0.5, 0.6) is 0 Å². The average Bonchev–Trinajstić information content (AvgIpc) is 2.46. The lowest BCUT2D eigenvalue weighted by molar-refractivity contribution is 1.27. The Balaban J connectivity index is 1.90. The fourth-order valence-electron chi connectivity index (χ4n) is 1.81. The Morgan fingerprint density at radius 1 is 0.842 bits per heavy atom. The largest absolute Gasteiger partial charge is 0.252 e. The molecule has 0 N–H and O–H groups in total. The monoisotopic (exact) mass is 266 g/mol. The van der Waals surface area contributed by atoms with E-state index in [1.165, 1.54) is 0 Å². The third-order valence-electron chi connectivity index (χ3n) is 2.78. The first-order chi connectivity index (χ1) is 9.31. The Hall–Kier alpha value is -2.19. The normalized spacial score (nSPS) is 11.2. The first-order valence-corrected chi connectivity index (χ1v) is 6.34. The van der Waals surface area contributed by atoms with Crippen LogP contribution in [0, 0.1) is 0 Å². The van der Waals surface area contributed by atoms with Crippen molar-refractivity contribution in [3.63, 3.8) is 0 Å². The molecule has 1 aromatic heterocycles. The Bertz CT molecular complexity index is 733. The van der Waals surface area contributed by atoms with Crippen molar-refractivity contribution < 1.29 is 0 Å². The van der Waals surface area contributed by atoms with Gasteiger partial charge in [-0.2, -0.15) is 0 Å². The summed E-state index contributed by atoms with van der Waals surface area (Å²) >= 11 is 5.85. The van der Waals surface area contributed by atoms with Gasteiger partial charge in [-0.05, 0) is 35.9 Å². The predicted octanol–water partition coefficient (Wildman–Crippen LogP) is 4.45. The molecule has 0 atom stereocenters. The van der Waals surface area contributed by atoms with Crippen molar-refractivity contribution in [2.45, 2.75) is 0 Å². The highest BCUT2D eigenvalue weighted by molar-refractivity contribution is 6.30. The van der Waals surface area contributed by atoms with E-state index >= 15 is 0 Å². The molecule has 2 aromatic carbocycles. The van der Waals surface area contributed by atoms with E-state index in [-0.39, 0.29) is 0 Å². The molecule has 0 fully saturated rings. The van der Waals surface area contributed by atoms with Crippen molar-refractivity contribution in [3.05, 3.63) is 71.0 Å². The standard InChI is InChI=1S/C16H11ClN2/c17-13-8-5-12(6-9-13)7-10-14-11-18-15-3-1-2-4-16(15)19-14/h1-11H/b10-7+. The van der Waals surface area contributed by atoms with E-state index in [1.807, 2.05) is 60.7 Å². The minimum absolute atomic E-state index is 0.739. The van der Waals surface area contributed by atoms with Crippen LogP contribution in [0.3, 0.4) is 0 Å². The van der Waals surface area contributed by atoms with E-state index in [9.17, 15) is 0 Å². The van der Waals surface area contributed by atoms with Crippen LogP contribution in [0.4, 0.5) is 0 Å². The lowest BCUT2D eigenvalue weighted by Crippen LogP contribution is -1.86. The molecule has 0 bridgehead atoms. The van der Waals surface area contributed by atoms with Crippen molar-refractivity contribution >= 4 is 34.8 Å². The number of aromatic nitrogens is 2. The lowest BCUT2D eigenvalue weighted by atomic mass is 10.2. The van der Waals surface area contributed by atoms with Gasteiger partial charge in [0.2, 0.25) is 0 Å². The first-order valence-electron chi connectivity index (χ1n) is 5.97. The molecule has 0 aliphatic heterocycles. The van der Waals surface area contributed by atoms with Crippen molar-refractivity contribution in [2.75, 3.05) is 0 Å². The molecule has 3 rings (SSSR count). The van der Waals surface area contributed by atoms with Crippen LogP contribution >= 0.6 is 11.6 Å². The molecular weight excluding hydrogens is 256 g/mol. The molecule has 0 amide bonds. The van der Waals surface area contributed by atoms with E-state index in [2.05, 4.69) is 9.97 Å². The third kappa shape index (κ3) is 2.80. The van der Waals surface area contributed by atoms with E-state index < -0.39 is 0 Å². The molecule has 1 heterocycles. The SMILES string of the molecule is Clc1ccc(/C=C/c2cnc3ccccc3n2)cc1. The Morgan fingerprint density at radius 3 is 2.37 bits per heavy atom. The number of rotatable bonds is 2. The summed E-state index contributed by atoms with van der Waals surface area (Å²) in [6.45, 7) is 0. The van der Waals surface area contributed by atoms with Gasteiger partial charge in [-0.1, -0.05) is 41.9 Å². The number of hydrogen-bond donors (Lipinski definition) is 0. The Kier molecular flexibility index (Phi) is 3.25. The zero-order valence-corrected chi connectivity index (χ0v) is 10.9. The van der Waals surface area contributed by atoms with Gasteiger partial charge < -0.3 is 0 Å². The van der Waals surface area contributed by atoms with Gasteiger partial charge in [0.1, 0.15) is 0 Å². The van der Waals surface area contributed by atoms with Crippen molar-refractivity contribution in [1.29, 1.82) is 0 Å². The van der Waals surface area contributed by atoms with Gasteiger partial charge in [0, 0.05) is 5.02 Å². The molecule has 0 unspecified atom stereocenters. The summed E-state index contributed by atoms with van der Waals surface area (Å²) in [7, 11) is 0. The predicted molar refractivity (Wildman–Crippen MR) is 79.9 cm³/mol. The Morgan fingerprint density at radius 2 is 1.58 bits per heavy atom. The summed E-state index contributed by atoms with van der Waals surface area (Å²) in [4.78, 5) is 8.91. The fraction of sp³-hybridized carbons (Fsp3) is 0. The summed E-state index contributed by atoms with van der Waals surface area (Å²) in [6.07, 6.45) is 5.71. The Labute approximate surface area is 116 Å². The van der Waals surface area contributed by atoms with Crippen LogP contribution in [0.1, 0.15) is 11.3 Å². The maximum absolute atomic E-state index is 5.85. The van der Waals surface area contributed by atoms with Crippen LogP contribution in [-0.2, 0) is 0 Å². The second kappa shape index (κ2) is 5.21. The number of halogens is 1. The molecule has 0 aliphatic carbocycles. The summed E-state index contributed by atoms with van der Waals surface area (Å²) < 4.78 is 0. The summed E-state index contributed by atoms with van der Waals surface area (Å²) in [5.74, 6) is 0. The highest BCUT2D eigenvalue weighted by Crippen LogP contribution is 2.13. The van der Waals surface area contributed by atoms with Gasteiger partial charge in [0.25, 0.3) is 0 Å². The average molecular weight is 267 g/mol. The van der Waals surface area contributed by atoms with Crippen molar-refractivity contribution in [3.8, 4) is 0 Å². The van der Waals surface area contributed by atoms with Crippen LogP contribution < -0.4 is 0 Å². The summed E-state index contributed by atoms with van der Waals surface area (Å²) in [6, 6.07) is 15.5. The molecule has 3 heteroatoms. The molecule has 2 nitrogen and oxygen atoms in total. The van der Waals surface area contributed by atoms with E-state index in [4.69, 9.17) is 11.6 Å². The number of para-hydroxylation sites is 2. The minimum Gasteiger partial charge on any atom is -0.252 e. The first kappa shape index (κ1) is 11.9. The molecule has 19 heavy (non-hydrogen) atoms. The number of hydrogen-bond acceptors (Lipinski definition) is 2. The molecule has 92 valence electrons. The highest BCUT2D eigenvalue weighted by atomic mass is 35.5. The maximum Gasteiger partial charge on any atom is 0.0894 e.